The zero-order valence-corrected chi connectivity index (χ0v) is 17.6. The van der Waals surface area contributed by atoms with E-state index in [0.717, 1.165) is 23.2 Å². The Hall–Kier alpha value is -1.97. The number of allylic oxidation sites excluding steroid dienone is 2. The van der Waals surface area contributed by atoms with Crippen LogP contribution in [0.5, 0.6) is 0 Å². The fourth-order valence-electron chi connectivity index (χ4n) is 4.48. The SMILES string of the molecule is CCN(CC)C(=O)c1ccc2c(c1)[C@@H]1C=CC[C@H]1[C@@H](c1ccc(Cl)cc1Cl)N2. The van der Waals surface area contributed by atoms with Gasteiger partial charge in [0, 0.05) is 40.3 Å². The summed E-state index contributed by atoms with van der Waals surface area (Å²) in [6.07, 6.45) is 5.49. The van der Waals surface area contributed by atoms with E-state index in [4.69, 9.17) is 23.2 Å². The number of nitrogens with one attached hydrogen (secondary N) is 1. The molecule has 0 unspecified atom stereocenters. The van der Waals surface area contributed by atoms with Crippen molar-refractivity contribution in [2.75, 3.05) is 18.4 Å². The van der Waals surface area contributed by atoms with Crippen molar-refractivity contribution in [2.24, 2.45) is 5.92 Å². The van der Waals surface area contributed by atoms with Crippen molar-refractivity contribution < 1.29 is 4.79 Å². The van der Waals surface area contributed by atoms with Gasteiger partial charge in [-0.2, -0.15) is 0 Å². The smallest absolute Gasteiger partial charge is 0.253 e. The summed E-state index contributed by atoms with van der Waals surface area (Å²) in [6.45, 7) is 5.46. The molecule has 3 nitrogen and oxygen atoms in total. The van der Waals surface area contributed by atoms with Gasteiger partial charge in [0.2, 0.25) is 0 Å². The Bertz CT molecular complexity index is 936. The van der Waals surface area contributed by atoms with Gasteiger partial charge < -0.3 is 10.2 Å². The van der Waals surface area contributed by atoms with E-state index in [9.17, 15) is 4.79 Å². The number of fused-ring (bicyclic) bond motifs is 3. The first-order valence-electron chi connectivity index (χ1n) is 9.84. The van der Waals surface area contributed by atoms with Gasteiger partial charge in [-0.1, -0.05) is 41.4 Å². The van der Waals surface area contributed by atoms with Crippen molar-refractivity contribution in [3.63, 3.8) is 0 Å². The summed E-state index contributed by atoms with van der Waals surface area (Å²) < 4.78 is 0. The lowest BCUT2D eigenvalue weighted by Crippen LogP contribution is -2.32. The van der Waals surface area contributed by atoms with Crippen LogP contribution in [-0.2, 0) is 0 Å². The molecular formula is C23H24Cl2N2O. The van der Waals surface area contributed by atoms with Crippen LogP contribution in [0, 0.1) is 5.92 Å². The topological polar surface area (TPSA) is 32.3 Å². The van der Waals surface area contributed by atoms with E-state index in [1.165, 1.54) is 5.56 Å². The second-order valence-electron chi connectivity index (χ2n) is 7.42. The van der Waals surface area contributed by atoms with Crippen LogP contribution >= 0.6 is 23.2 Å². The van der Waals surface area contributed by atoms with Gasteiger partial charge in [-0.15, -0.1) is 0 Å². The molecule has 2 aromatic rings. The summed E-state index contributed by atoms with van der Waals surface area (Å²) in [5.74, 6) is 0.733. The van der Waals surface area contributed by atoms with Gasteiger partial charge in [0.1, 0.15) is 0 Å². The molecular weight excluding hydrogens is 391 g/mol. The number of hydrogen-bond donors (Lipinski definition) is 1. The van der Waals surface area contributed by atoms with E-state index in [-0.39, 0.29) is 17.9 Å². The van der Waals surface area contributed by atoms with Gasteiger partial charge >= 0.3 is 0 Å². The van der Waals surface area contributed by atoms with Gasteiger partial charge in [0.25, 0.3) is 5.91 Å². The minimum Gasteiger partial charge on any atom is -0.378 e. The molecule has 0 spiro atoms. The van der Waals surface area contributed by atoms with Crippen LogP contribution in [0.1, 0.15) is 53.7 Å². The molecule has 1 aliphatic carbocycles. The number of carbonyl (C=O) groups excluding carboxylic acids is 1. The molecule has 2 aromatic carbocycles. The van der Waals surface area contributed by atoms with E-state index in [0.29, 0.717) is 29.1 Å². The molecule has 0 bridgehead atoms. The van der Waals surface area contributed by atoms with Crippen LogP contribution in [0.4, 0.5) is 5.69 Å². The fraction of sp³-hybridized carbons (Fsp3) is 0.348. The molecule has 1 aliphatic heterocycles. The predicted molar refractivity (Wildman–Crippen MR) is 117 cm³/mol. The Balaban J connectivity index is 1.72. The van der Waals surface area contributed by atoms with Crippen molar-refractivity contribution in [1.29, 1.82) is 0 Å². The molecule has 3 atom stereocenters. The highest BCUT2D eigenvalue weighted by molar-refractivity contribution is 6.35. The maximum Gasteiger partial charge on any atom is 0.253 e. The Kier molecular flexibility index (Phi) is 5.39. The third-order valence-corrected chi connectivity index (χ3v) is 6.52. The monoisotopic (exact) mass is 414 g/mol. The molecule has 5 heteroatoms. The molecule has 1 N–H and O–H groups in total. The lowest BCUT2D eigenvalue weighted by Gasteiger charge is -2.38. The quantitative estimate of drug-likeness (QED) is 0.594. The summed E-state index contributed by atoms with van der Waals surface area (Å²) in [5.41, 5.74) is 4.09. The number of hydrogen-bond acceptors (Lipinski definition) is 2. The second kappa shape index (κ2) is 7.81. The van der Waals surface area contributed by atoms with Gasteiger partial charge in [-0.3, -0.25) is 4.79 Å². The zero-order chi connectivity index (χ0) is 19.8. The number of rotatable bonds is 4. The van der Waals surface area contributed by atoms with Crippen LogP contribution in [-0.4, -0.2) is 23.9 Å². The molecule has 28 heavy (non-hydrogen) atoms. The van der Waals surface area contributed by atoms with E-state index < -0.39 is 0 Å². The number of anilines is 1. The highest BCUT2D eigenvalue weighted by atomic mass is 35.5. The normalized spacial score (nSPS) is 22.4. The molecule has 0 radical (unpaired) electrons. The molecule has 146 valence electrons. The van der Waals surface area contributed by atoms with E-state index in [2.05, 4.69) is 23.5 Å². The average Bonchev–Trinajstić information content (AvgIpc) is 3.18. The summed E-state index contributed by atoms with van der Waals surface area (Å²) in [7, 11) is 0. The van der Waals surface area contributed by atoms with Crippen LogP contribution in [0.25, 0.3) is 0 Å². The zero-order valence-electron chi connectivity index (χ0n) is 16.1. The molecule has 2 aliphatic rings. The van der Waals surface area contributed by atoms with Gasteiger partial charge in [0.15, 0.2) is 0 Å². The Labute approximate surface area is 176 Å². The largest absolute Gasteiger partial charge is 0.378 e. The van der Waals surface area contributed by atoms with Crippen molar-refractivity contribution in [1.82, 2.24) is 4.90 Å². The first-order chi connectivity index (χ1) is 13.5. The van der Waals surface area contributed by atoms with Crippen LogP contribution in [0.15, 0.2) is 48.6 Å². The average molecular weight is 415 g/mol. The maximum absolute atomic E-state index is 12.8. The number of nitrogens with zero attached hydrogens (tertiary/aromatic N) is 1. The summed E-state index contributed by atoms with van der Waals surface area (Å²) in [6, 6.07) is 11.8. The number of carbonyl (C=O) groups is 1. The minimum absolute atomic E-state index is 0.0918. The Morgan fingerprint density at radius 3 is 2.61 bits per heavy atom. The summed E-state index contributed by atoms with van der Waals surface area (Å²) in [5, 5.41) is 5.01. The van der Waals surface area contributed by atoms with Crippen molar-refractivity contribution in [2.45, 2.75) is 32.2 Å². The second-order valence-corrected chi connectivity index (χ2v) is 8.26. The Morgan fingerprint density at radius 1 is 1.11 bits per heavy atom. The third kappa shape index (κ3) is 3.31. The van der Waals surface area contributed by atoms with E-state index in [1.54, 1.807) is 6.07 Å². The standard InChI is InChI=1S/C23H24Cl2N2O/c1-3-27(4-2)23(28)14-8-11-21-19(12-14)16-6-5-7-17(16)22(26-21)18-10-9-15(24)13-20(18)25/h5-6,8-13,16-17,22,26H,3-4,7H2,1-2H3/t16-,17-,22+/m1/s1. The molecule has 0 aromatic heterocycles. The minimum atomic E-state index is 0.0918. The van der Waals surface area contributed by atoms with Crippen LogP contribution < -0.4 is 5.32 Å². The van der Waals surface area contributed by atoms with Crippen molar-refractivity contribution >= 4 is 34.8 Å². The van der Waals surface area contributed by atoms with Crippen LogP contribution in [0.2, 0.25) is 10.0 Å². The molecule has 0 fully saturated rings. The molecule has 0 saturated heterocycles. The number of amides is 1. The fourth-order valence-corrected chi connectivity index (χ4v) is 5.01. The molecule has 0 saturated carbocycles. The molecule has 4 rings (SSSR count). The number of benzene rings is 2. The first kappa shape index (κ1) is 19.4. The Morgan fingerprint density at radius 2 is 1.89 bits per heavy atom. The number of halogens is 2. The van der Waals surface area contributed by atoms with Crippen LogP contribution in [0.3, 0.4) is 0 Å². The molecule has 1 heterocycles. The van der Waals surface area contributed by atoms with Crippen molar-refractivity contribution in [3.8, 4) is 0 Å². The first-order valence-corrected chi connectivity index (χ1v) is 10.6. The van der Waals surface area contributed by atoms with E-state index in [1.807, 2.05) is 43.0 Å². The third-order valence-electron chi connectivity index (χ3n) is 5.96. The lowest BCUT2D eigenvalue weighted by molar-refractivity contribution is 0.0773. The molecule has 1 amide bonds. The van der Waals surface area contributed by atoms with Gasteiger partial charge in [0.05, 0.1) is 6.04 Å². The maximum atomic E-state index is 12.8. The van der Waals surface area contributed by atoms with E-state index >= 15 is 0 Å². The highest BCUT2D eigenvalue weighted by Crippen LogP contribution is 2.51. The van der Waals surface area contributed by atoms with Gasteiger partial charge in [-0.05, 0) is 67.6 Å². The highest BCUT2D eigenvalue weighted by Gasteiger charge is 2.39. The summed E-state index contributed by atoms with van der Waals surface area (Å²) in [4.78, 5) is 14.7. The van der Waals surface area contributed by atoms with Gasteiger partial charge in [-0.25, -0.2) is 0 Å². The summed E-state index contributed by atoms with van der Waals surface area (Å²) >= 11 is 12.6. The predicted octanol–water partition coefficient (Wildman–Crippen LogP) is 6.30. The lowest BCUT2D eigenvalue weighted by atomic mass is 9.76. The van der Waals surface area contributed by atoms with Crippen molar-refractivity contribution in [3.05, 3.63) is 75.3 Å².